The number of rotatable bonds is 4. The molecule has 0 spiro atoms. The number of nitrogens with one attached hydrogen (secondary N) is 1. The van der Waals surface area contributed by atoms with Crippen LogP contribution < -0.4 is 5.32 Å². The second-order valence-corrected chi connectivity index (χ2v) is 4.60. The first-order valence-corrected chi connectivity index (χ1v) is 5.66. The molecule has 0 saturated carbocycles. The van der Waals surface area contributed by atoms with Gasteiger partial charge in [0.25, 0.3) is 0 Å². The zero-order chi connectivity index (χ0) is 11.5. The van der Waals surface area contributed by atoms with Crippen LogP contribution in [-0.2, 0) is 6.42 Å². The fourth-order valence-electron chi connectivity index (χ4n) is 1.12. The van der Waals surface area contributed by atoms with E-state index >= 15 is 0 Å². The Morgan fingerprint density at radius 1 is 1.33 bits per heavy atom. The summed E-state index contributed by atoms with van der Waals surface area (Å²) in [6.45, 7) is 8.42. The highest BCUT2D eigenvalue weighted by molar-refractivity contribution is 6.29. The fraction of sp³-hybridized carbons (Fsp3) is 0.636. The number of aryl methyl sites for hydroxylation is 1. The van der Waals surface area contributed by atoms with E-state index in [1.807, 2.05) is 6.92 Å². The van der Waals surface area contributed by atoms with Crippen LogP contribution in [0.25, 0.3) is 0 Å². The maximum absolute atomic E-state index is 5.91. The highest BCUT2D eigenvalue weighted by Gasteiger charge is 2.15. The van der Waals surface area contributed by atoms with Gasteiger partial charge in [0.05, 0.1) is 0 Å². The Morgan fingerprint density at radius 3 is 2.53 bits per heavy atom. The van der Waals surface area contributed by atoms with Crippen molar-refractivity contribution in [1.82, 2.24) is 9.97 Å². The molecule has 0 bridgehead atoms. The maximum atomic E-state index is 5.91. The third kappa shape index (κ3) is 3.67. The minimum Gasteiger partial charge on any atom is -0.365 e. The molecule has 1 aromatic heterocycles. The van der Waals surface area contributed by atoms with Crippen LogP contribution in [0, 0.1) is 0 Å². The zero-order valence-corrected chi connectivity index (χ0v) is 10.5. The molecular weight excluding hydrogens is 210 g/mol. The Kier molecular flexibility index (Phi) is 3.91. The molecule has 0 aliphatic heterocycles. The van der Waals surface area contributed by atoms with Gasteiger partial charge in [-0.2, -0.15) is 0 Å². The van der Waals surface area contributed by atoms with Gasteiger partial charge in [-0.05, 0) is 20.3 Å². The summed E-state index contributed by atoms with van der Waals surface area (Å²) in [5, 5.41) is 3.84. The van der Waals surface area contributed by atoms with Crippen LogP contribution in [0.1, 0.15) is 39.9 Å². The summed E-state index contributed by atoms with van der Waals surface area (Å²) in [5.74, 6) is 1.58. The normalized spacial score (nSPS) is 11.5. The van der Waals surface area contributed by atoms with Crippen molar-refractivity contribution in [3.8, 4) is 0 Å². The number of hydrogen-bond acceptors (Lipinski definition) is 3. The minimum absolute atomic E-state index is 0.0305. The number of hydrogen-bond donors (Lipinski definition) is 1. The van der Waals surface area contributed by atoms with E-state index in [4.69, 9.17) is 11.6 Å². The Labute approximate surface area is 96.3 Å². The lowest BCUT2D eigenvalue weighted by atomic mass is 10.0. The van der Waals surface area contributed by atoms with Crippen molar-refractivity contribution in [3.63, 3.8) is 0 Å². The molecule has 4 heteroatoms. The first-order valence-electron chi connectivity index (χ1n) is 5.28. The summed E-state index contributed by atoms with van der Waals surface area (Å²) in [6.07, 6.45) is 1.82. The van der Waals surface area contributed by atoms with E-state index in [1.54, 1.807) is 6.07 Å². The van der Waals surface area contributed by atoms with Gasteiger partial charge < -0.3 is 5.32 Å². The van der Waals surface area contributed by atoms with Gasteiger partial charge in [-0.15, -0.1) is 0 Å². The number of halogens is 1. The van der Waals surface area contributed by atoms with E-state index in [9.17, 15) is 0 Å². The number of aromatic nitrogens is 2. The molecule has 0 atom stereocenters. The predicted octanol–water partition coefficient (Wildman–Crippen LogP) is 3.29. The summed E-state index contributed by atoms with van der Waals surface area (Å²) in [4.78, 5) is 8.50. The van der Waals surface area contributed by atoms with Crippen molar-refractivity contribution in [2.45, 2.75) is 46.1 Å². The summed E-state index contributed by atoms with van der Waals surface area (Å²) >= 11 is 5.91. The van der Waals surface area contributed by atoms with Crippen molar-refractivity contribution in [2.24, 2.45) is 0 Å². The van der Waals surface area contributed by atoms with E-state index in [2.05, 4.69) is 36.1 Å². The molecular formula is C11H18ClN3. The van der Waals surface area contributed by atoms with Gasteiger partial charge in [0.1, 0.15) is 16.8 Å². The van der Waals surface area contributed by atoms with Gasteiger partial charge in [-0.3, -0.25) is 0 Å². The van der Waals surface area contributed by atoms with Crippen molar-refractivity contribution in [2.75, 3.05) is 5.32 Å². The number of anilines is 1. The molecule has 1 aromatic rings. The number of nitrogens with zero attached hydrogens (tertiary/aromatic N) is 2. The van der Waals surface area contributed by atoms with Crippen LogP contribution in [0.5, 0.6) is 0 Å². The van der Waals surface area contributed by atoms with Crippen LogP contribution in [0.4, 0.5) is 5.82 Å². The Hall–Kier alpha value is -0.830. The van der Waals surface area contributed by atoms with E-state index in [-0.39, 0.29) is 5.54 Å². The Balaban J connectivity index is 2.90. The molecule has 0 aromatic carbocycles. The molecule has 15 heavy (non-hydrogen) atoms. The van der Waals surface area contributed by atoms with Gasteiger partial charge in [-0.1, -0.05) is 25.4 Å². The summed E-state index contributed by atoms with van der Waals surface area (Å²) in [5.41, 5.74) is 0.0305. The summed E-state index contributed by atoms with van der Waals surface area (Å²) in [7, 11) is 0. The molecule has 1 heterocycles. The molecule has 3 nitrogen and oxygen atoms in total. The minimum atomic E-state index is 0.0305. The Morgan fingerprint density at radius 2 is 2.00 bits per heavy atom. The van der Waals surface area contributed by atoms with E-state index in [0.717, 1.165) is 24.5 Å². The first-order chi connectivity index (χ1) is 6.96. The van der Waals surface area contributed by atoms with Gasteiger partial charge >= 0.3 is 0 Å². The maximum Gasteiger partial charge on any atom is 0.134 e. The van der Waals surface area contributed by atoms with Crippen molar-refractivity contribution < 1.29 is 0 Å². The zero-order valence-electron chi connectivity index (χ0n) is 9.76. The van der Waals surface area contributed by atoms with Gasteiger partial charge in [0.15, 0.2) is 0 Å². The predicted molar refractivity (Wildman–Crippen MR) is 64.4 cm³/mol. The molecule has 0 unspecified atom stereocenters. The third-order valence-electron chi connectivity index (χ3n) is 2.41. The molecule has 1 N–H and O–H groups in total. The fourth-order valence-corrected chi connectivity index (χ4v) is 1.32. The topological polar surface area (TPSA) is 37.8 Å². The molecule has 0 amide bonds. The lowest BCUT2D eigenvalue weighted by Crippen LogP contribution is -2.30. The highest BCUT2D eigenvalue weighted by atomic mass is 35.5. The lowest BCUT2D eigenvalue weighted by Gasteiger charge is -2.25. The van der Waals surface area contributed by atoms with Crippen LogP contribution in [0.15, 0.2) is 6.07 Å². The van der Waals surface area contributed by atoms with E-state index in [1.165, 1.54) is 0 Å². The van der Waals surface area contributed by atoms with Gasteiger partial charge in [0.2, 0.25) is 0 Å². The molecule has 0 radical (unpaired) electrons. The van der Waals surface area contributed by atoms with Crippen molar-refractivity contribution in [3.05, 3.63) is 17.0 Å². The summed E-state index contributed by atoms with van der Waals surface area (Å²) in [6, 6.07) is 1.76. The largest absolute Gasteiger partial charge is 0.365 e. The molecule has 0 fully saturated rings. The average Bonchev–Trinajstić information content (AvgIpc) is 2.16. The third-order valence-corrected chi connectivity index (χ3v) is 2.60. The summed E-state index contributed by atoms with van der Waals surface area (Å²) < 4.78 is 0. The lowest BCUT2D eigenvalue weighted by molar-refractivity contribution is 0.544. The van der Waals surface area contributed by atoms with Crippen LogP contribution in [0.3, 0.4) is 0 Å². The van der Waals surface area contributed by atoms with Crippen LogP contribution in [-0.4, -0.2) is 15.5 Å². The van der Waals surface area contributed by atoms with Crippen molar-refractivity contribution >= 4 is 17.4 Å². The smallest absolute Gasteiger partial charge is 0.134 e. The SMILES string of the molecule is CCc1nc(Cl)cc(NC(C)(C)CC)n1. The second-order valence-electron chi connectivity index (χ2n) is 4.21. The molecule has 84 valence electrons. The van der Waals surface area contributed by atoms with E-state index < -0.39 is 0 Å². The van der Waals surface area contributed by atoms with E-state index in [0.29, 0.717) is 5.15 Å². The average molecular weight is 228 g/mol. The molecule has 1 rings (SSSR count). The Bertz CT molecular complexity index is 337. The monoisotopic (exact) mass is 227 g/mol. The van der Waals surface area contributed by atoms with Crippen molar-refractivity contribution in [1.29, 1.82) is 0 Å². The first kappa shape index (κ1) is 12.2. The van der Waals surface area contributed by atoms with Gasteiger partial charge in [-0.25, -0.2) is 9.97 Å². The second kappa shape index (κ2) is 4.79. The standard InChI is InChI=1S/C11H18ClN3/c1-5-9-13-8(12)7-10(14-9)15-11(3,4)6-2/h7H,5-6H2,1-4H3,(H,13,14,15). The molecule has 0 aliphatic carbocycles. The quantitative estimate of drug-likeness (QED) is 0.803. The molecule has 0 saturated heterocycles. The highest BCUT2D eigenvalue weighted by Crippen LogP contribution is 2.18. The van der Waals surface area contributed by atoms with Gasteiger partial charge in [0, 0.05) is 18.0 Å². The van der Waals surface area contributed by atoms with Crippen LogP contribution >= 0.6 is 11.6 Å². The van der Waals surface area contributed by atoms with Crippen LogP contribution in [0.2, 0.25) is 5.15 Å². The molecule has 0 aliphatic rings.